The van der Waals surface area contributed by atoms with E-state index < -0.39 is 8.32 Å². The van der Waals surface area contributed by atoms with E-state index in [1.807, 2.05) is 0 Å². The predicted molar refractivity (Wildman–Crippen MR) is 35.1 cm³/mol. The molecule has 0 aliphatic rings. The second-order valence-electron chi connectivity index (χ2n) is 2.33. The van der Waals surface area contributed by atoms with Crippen LogP contribution in [0.2, 0.25) is 19.6 Å². The molecule has 0 bridgehead atoms. The summed E-state index contributed by atoms with van der Waals surface area (Å²) in [7, 11) is -1.10. The van der Waals surface area contributed by atoms with E-state index in [9.17, 15) is 0 Å². The van der Waals surface area contributed by atoms with Gasteiger partial charge in [-0.15, -0.1) is 6.00 Å². The quantitative estimate of drug-likeness (QED) is 0.482. The minimum Gasteiger partial charge on any atom is -0.559 e. The molecular formula is C4H10OSi2. The smallest absolute Gasteiger partial charge is 0.235 e. The number of hydrogen-bond acceptors (Lipinski definition) is 1. The zero-order chi connectivity index (χ0) is 5.91. The third-order valence-electron chi connectivity index (χ3n) is 0.365. The van der Waals surface area contributed by atoms with Crippen molar-refractivity contribution in [1.82, 2.24) is 0 Å². The van der Waals surface area contributed by atoms with Crippen molar-refractivity contribution in [2.24, 2.45) is 0 Å². The maximum Gasteiger partial charge on any atom is 0.235 e. The Hall–Kier alpha value is 0.0138. The summed E-state index contributed by atoms with van der Waals surface area (Å²) in [5, 5.41) is 0. The standard InChI is InChI=1S/C4H10OSi2/c1-6-5-7(2,3)4/h1H,2-4H3. The highest BCUT2D eigenvalue weighted by molar-refractivity contribution is 6.72. The third-order valence-corrected chi connectivity index (χ3v) is 3.29. The van der Waals surface area contributed by atoms with Gasteiger partial charge in [0.05, 0.1) is 0 Å². The van der Waals surface area contributed by atoms with Crippen LogP contribution in [0.4, 0.5) is 0 Å². The molecule has 1 nitrogen and oxygen atoms in total. The van der Waals surface area contributed by atoms with Gasteiger partial charge in [-0.3, -0.25) is 0 Å². The second-order valence-corrected chi connectivity index (χ2v) is 7.61. The lowest BCUT2D eigenvalue weighted by molar-refractivity contribution is 0.617. The van der Waals surface area contributed by atoms with Crippen molar-refractivity contribution in [1.29, 1.82) is 0 Å². The van der Waals surface area contributed by atoms with Crippen LogP contribution in [-0.2, 0) is 4.12 Å². The third kappa shape index (κ3) is 6.01. The van der Waals surface area contributed by atoms with Crippen molar-refractivity contribution in [3.05, 3.63) is 0 Å². The lowest BCUT2D eigenvalue weighted by Crippen LogP contribution is -2.24. The van der Waals surface area contributed by atoms with Gasteiger partial charge in [0.1, 0.15) is 0 Å². The summed E-state index contributed by atoms with van der Waals surface area (Å²) in [6.07, 6.45) is 0. The second kappa shape index (κ2) is 2.35. The van der Waals surface area contributed by atoms with Crippen LogP contribution in [0.5, 0.6) is 0 Å². The number of hydrogen-bond donors (Lipinski definition) is 0. The molecule has 0 aliphatic heterocycles. The van der Waals surface area contributed by atoms with Gasteiger partial charge in [0.2, 0.25) is 17.5 Å². The van der Waals surface area contributed by atoms with Gasteiger partial charge >= 0.3 is 0 Å². The van der Waals surface area contributed by atoms with Gasteiger partial charge in [0.25, 0.3) is 0 Å². The van der Waals surface area contributed by atoms with Crippen LogP contribution in [0, 0.1) is 6.00 Å². The Balaban J connectivity index is 3.40. The minimum absolute atomic E-state index is 0.171. The lowest BCUT2D eigenvalue weighted by Gasteiger charge is -2.12. The molecule has 0 amide bonds. The van der Waals surface area contributed by atoms with E-state index >= 15 is 0 Å². The zero-order valence-corrected chi connectivity index (χ0v) is 6.99. The first-order valence-corrected chi connectivity index (χ1v) is 6.59. The summed E-state index contributed by atoms with van der Waals surface area (Å²) in [6.45, 7) is 6.35. The van der Waals surface area contributed by atoms with Crippen LogP contribution in [0.25, 0.3) is 0 Å². The molecule has 40 valence electrons. The van der Waals surface area contributed by atoms with Crippen LogP contribution in [0.3, 0.4) is 0 Å². The summed E-state index contributed by atoms with van der Waals surface area (Å²) < 4.78 is 5.17. The Bertz CT molecular complexity index is 86.8. The fourth-order valence-corrected chi connectivity index (χ4v) is 1.59. The highest BCUT2D eigenvalue weighted by atomic mass is 28.4. The van der Waals surface area contributed by atoms with E-state index in [2.05, 4.69) is 19.6 Å². The largest absolute Gasteiger partial charge is 0.559 e. The monoisotopic (exact) mass is 130 g/mol. The fourth-order valence-electron chi connectivity index (χ4n) is 0.177. The van der Waals surface area contributed by atoms with Gasteiger partial charge in [-0.1, -0.05) is 0 Å². The van der Waals surface area contributed by atoms with Gasteiger partial charge in [0, 0.05) is 0 Å². The molecule has 0 unspecified atom stereocenters. The molecule has 0 aromatic heterocycles. The molecule has 0 heterocycles. The Labute approximate surface area is 48.0 Å². The van der Waals surface area contributed by atoms with E-state index in [1.165, 1.54) is 0 Å². The van der Waals surface area contributed by atoms with Gasteiger partial charge in [-0.2, -0.15) is 0 Å². The minimum atomic E-state index is -1.27. The van der Waals surface area contributed by atoms with Crippen molar-refractivity contribution in [2.45, 2.75) is 19.6 Å². The van der Waals surface area contributed by atoms with E-state index in [0.29, 0.717) is 0 Å². The molecule has 0 saturated heterocycles. The summed E-state index contributed by atoms with van der Waals surface area (Å²) in [5.74, 6) is 0. The SMILES string of the molecule is C#[Si]O[Si](C)(C)C. The maximum atomic E-state index is 5.17. The maximum absolute atomic E-state index is 5.17. The molecule has 0 aliphatic carbocycles. The van der Waals surface area contributed by atoms with Gasteiger partial charge in [-0.05, 0) is 19.6 Å². The first-order valence-electron chi connectivity index (χ1n) is 2.20. The fraction of sp³-hybridized carbons (Fsp3) is 0.750. The number of rotatable bonds is 1. The molecule has 0 atom stereocenters. The molecule has 0 saturated carbocycles. The highest BCUT2D eigenvalue weighted by Crippen LogP contribution is 1.97. The van der Waals surface area contributed by atoms with E-state index in [4.69, 9.17) is 10.1 Å². The van der Waals surface area contributed by atoms with Crippen LogP contribution in [-0.4, -0.2) is 17.5 Å². The normalized spacial score (nSPS) is 10.0. The van der Waals surface area contributed by atoms with Crippen molar-refractivity contribution in [3.8, 4) is 6.00 Å². The Morgan fingerprint density at radius 3 is 1.86 bits per heavy atom. The van der Waals surface area contributed by atoms with Crippen molar-refractivity contribution in [2.75, 3.05) is 0 Å². The lowest BCUT2D eigenvalue weighted by atomic mass is 11.8. The molecule has 0 rings (SSSR count). The van der Waals surface area contributed by atoms with Gasteiger partial charge in [-0.25, -0.2) is 0 Å². The van der Waals surface area contributed by atoms with Gasteiger partial charge < -0.3 is 4.12 Å². The summed E-state index contributed by atoms with van der Waals surface area (Å²) in [5.41, 5.74) is 0. The highest BCUT2D eigenvalue weighted by Gasteiger charge is 2.11. The summed E-state index contributed by atoms with van der Waals surface area (Å²) in [6, 6.07) is 5.15. The summed E-state index contributed by atoms with van der Waals surface area (Å²) in [4.78, 5) is 0. The molecule has 0 aromatic rings. The Kier molecular flexibility index (Phi) is 2.36. The van der Waals surface area contributed by atoms with E-state index in [-0.39, 0.29) is 9.20 Å². The molecule has 0 fully saturated rings. The van der Waals surface area contributed by atoms with Crippen LogP contribution < -0.4 is 0 Å². The Morgan fingerprint density at radius 2 is 1.86 bits per heavy atom. The average molecular weight is 130 g/mol. The molecule has 0 spiro atoms. The molecule has 0 N–H and O–H groups in total. The summed E-state index contributed by atoms with van der Waals surface area (Å²) >= 11 is 0. The van der Waals surface area contributed by atoms with Crippen LogP contribution in [0.1, 0.15) is 0 Å². The predicted octanol–water partition coefficient (Wildman–Crippen LogP) is 1.05. The van der Waals surface area contributed by atoms with Crippen LogP contribution >= 0.6 is 0 Å². The molecular weight excluding hydrogens is 120 g/mol. The Morgan fingerprint density at radius 1 is 1.43 bits per heavy atom. The molecule has 0 radical (unpaired) electrons. The average Bonchev–Trinajstić information content (AvgIpc) is 1.30. The first-order chi connectivity index (χ1) is 3.06. The van der Waals surface area contributed by atoms with Crippen molar-refractivity contribution in [3.63, 3.8) is 0 Å². The van der Waals surface area contributed by atoms with Crippen molar-refractivity contribution < 1.29 is 4.12 Å². The zero-order valence-electron chi connectivity index (χ0n) is 4.99. The molecule has 7 heavy (non-hydrogen) atoms. The van der Waals surface area contributed by atoms with E-state index in [1.54, 1.807) is 0 Å². The first kappa shape index (κ1) is 7.01. The van der Waals surface area contributed by atoms with Gasteiger partial charge in [0.15, 0.2) is 0 Å². The molecule has 0 aromatic carbocycles. The van der Waals surface area contributed by atoms with Crippen molar-refractivity contribution >= 4 is 17.5 Å². The molecule has 3 heteroatoms. The van der Waals surface area contributed by atoms with E-state index in [0.717, 1.165) is 0 Å². The van der Waals surface area contributed by atoms with Crippen LogP contribution in [0.15, 0.2) is 0 Å². The topological polar surface area (TPSA) is 9.23 Å².